The monoisotopic (exact) mass is 714 g/mol. The Morgan fingerprint density at radius 1 is 0.440 bits per heavy atom. The molecule has 0 N–H and O–H groups in total. The first kappa shape index (κ1) is 45.8. The molecule has 2 fully saturated rings. The molecule has 0 aromatic carbocycles. The van der Waals surface area contributed by atoms with Crippen molar-refractivity contribution in [3.63, 3.8) is 0 Å². The van der Waals surface area contributed by atoms with Crippen molar-refractivity contribution in [1.29, 1.82) is 0 Å². The summed E-state index contributed by atoms with van der Waals surface area (Å²) in [6, 6.07) is 0. The van der Waals surface area contributed by atoms with Gasteiger partial charge in [0.15, 0.2) is 0 Å². The van der Waals surface area contributed by atoms with Crippen LogP contribution in [0, 0.1) is 0 Å². The molecule has 1 aliphatic carbocycles. The molecule has 0 amide bonds. The fourth-order valence-corrected chi connectivity index (χ4v) is 6.92. The third-order valence-electron chi connectivity index (χ3n) is 9.28. The fraction of sp³-hybridized carbons (Fsp3) is 1.00. The molecule has 2 rings (SSSR count). The molecule has 0 aromatic rings. The van der Waals surface area contributed by atoms with Crippen molar-refractivity contribution in [2.24, 2.45) is 0 Å². The maximum Gasteiger partial charge on any atom is 0.0835 e. The van der Waals surface area contributed by atoms with E-state index in [4.69, 9.17) is 33.2 Å². The second-order valence-electron chi connectivity index (χ2n) is 18.3. The van der Waals surface area contributed by atoms with Crippen LogP contribution in [0.3, 0.4) is 0 Å². The first-order valence-electron chi connectivity index (χ1n) is 20.6. The highest BCUT2D eigenvalue weighted by Gasteiger charge is 2.40. The maximum atomic E-state index is 6.57. The zero-order chi connectivity index (χ0) is 36.9. The lowest BCUT2D eigenvalue weighted by Gasteiger charge is -2.46. The Morgan fingerprint density at radius 2 is 0.840 bits per heavy atom. The number of nitrogens with zero attached hydrogens (tertiary/aromatic N) is 1. The lowest BCUT2D eigenvalue weighted by molar-refractivity contribution is -0.192. The highest BCUT2D eigenvalue weighted by atomic mass is 16.5. The van der Waals surface area contributed by atoms with E-state index in [1.165, 1.54) is 25.7 Å². The number of ether oxygens (including phenoxy) is 7. The summed E-state index contributed by atoms with van der Waals surface area (Å²) in [5.41, 5.74) is -0.481. The van der Waals surface area contributed by atoms with Crippen molar-refractivity contribution in [2.75, 3.05) is 65.9 Å². The first-order valence-corrected chi connectivity index (χ1v) is 20.6. The van der Waals surface area contributed by atoms with Gasteiger partial charge in [0.1, 0.15) is 0 Å². The minimum atomic E-state index is -0.217. The van der Waals surface area contributed by atoms with E-state index in [9.17, 15) is 0 Å². The number of likely N-dealkylation sites (tertiary alicyclic amines) is 1. The summed E-state index contributed by atoms with van der Waals surface area (Å²) in [6.45, 7) is 30.8. The highest BCUT2D eigenvalue weighted by molar-refractivity contribution is 4.90. The Kier molecular flexibility index (Phi) is 22.1. The fourth-order valence-electron chi connectivity index (χ4n) is 6.92. The quantitative estimate of drug-likeness (QED) is 0.0659. The summed E-state index contributed by atoms with van der Waals surface area (Å²) in [5, 5.41) is 0. The number of hydrogen-bond acceptors (Lipinski definition) is 8. The Balaban J connectivity index is 1.37. The number of hydrogen-bond donors (Lipinski definition) is 0. The lowest BCUT2D eigenvalue weighted by Crippen LogP contribution is -2.55. The van der Waals surface area contributed by atoms with Gasteiger partial charge in [-0.1, -0.05) is 0 Å². The summed E-state index contributed by atoms with van der Waals surface area (Å²) < 4.78 is 42.4. The van der Waals surface area contributed by atoms with Gasteiger partial charge in [0.05, 0.1) is 40.7 Å². The van der Waals surface area contributed by atoms with Gasteiger partial charge in [-0.2, -0.15) is 0 Å². The van der Waals surface area contributed by atoms with E-state index in [-0.39, 0.29) is 22.4 Å². The lowest BCUT2D eigenvalue weighted by atomic mass is 9.88. The Hall–Kier alpha value is -0.320. The Labute approximate surface area is 309 Å². The van der Waals surface area contributed by atoms with E-state index in [0.29, 0.717) is 18.3 Å². The molecule has 1 saturated heterocycles. The summed E-state index contributed by atoms with van der Waals surface area (Å²) in [5.74, 6) is 0. The largest absolute Gasteiger partial charge is 0.381 e. The van der Waals surface area contributed by atoms with E-state index in [1.807, 2.05) is 0 Å². The molecular formula is C42H83NO7. The van der Waals surface area contributed by atoms with Crippen molar-refractivity contribution in [3.05, 3.63) is 0 Å². The van der Waals surface area contributed by atoms with Gasteiger partial charge in [0, 0.05) is 65.8 Å². The predicted octanol–water partition coefficient (Wildman–Crippen LogP) is 9.54. The van der Waals surface area contributed by atoms with Crippen molar-refractivity contribution < 1.29 is 33.2 Å². The van der Waals surface area contributed by atoms with Crippen molar-refractivity contribution in [3.8, 4) is 0 Å². The van der Waals surface area contributed by atoms with Gasteiger partial charge in [0.2, 0.25) is 0 Å². The second kappa shape index (κ2) is 24.2. The molecule has 0 radical (unpaired) electrons. The van der Waals surface area contributed by atoms with Crippen LogP contribution in [0.25, 0.3) is 0 Å². The topological polar surface area (TPSA) is 67.9 Å². The molecule has 8 heteroatoms. The minimum Gasteiger partial charge on any atom is -0.381 e. The van der Waals surface area contributed by atoms with E-state index in [0.717, 1.165) is 137 Å². The second-order valence-corrected chi connectivity index (χ2v) is 18.3. The van der Waals surface area contributed by atoms with E-state index in [1.54, 1.807) is 0 Å². The molecule has 1 aliphatic heterocycles. The smallest absolute Gasteiger partial charge is 0.0835 e. The molecule has 0 bridgehead atoms. The van der Waals surface area contributed by atoms with Crippen LogP contribution in [-0.4, -0.2) is 111 Å². The van der Waals surface area contributed by atoms with Crippen molar-refractivity contribution in [1.82, 2.24) is 4.90 Å². The summed E-state index contributed by atoms with van der Waals surface area (Å²) >= 11 is 0. The molecule has 1 heterocycles. The molecule has 8 nitrogen and oxygen atoms in total. The van der Waals surface area contributed by atoms with Gasteiger partial charge in [-0.25, -0.2) is 0 Å². The summed E-state index contributed by atoms with van der Waals surface area (Å²) in [4.78, 5) is 2.53. The summed E-state index contributed by atoms with van der Waals surface area (Å²) in [6.07, 6.45) is 17.7. The van der Waals surface area contributed by atoms with Crippen LogP contribution >= 0.6 is 0 Å². The standard InChI is InChI=1S/C42H83NO7/c1-39(2,3)47-29-21-13-18-26-44-24-16-11-15-23-43-33-38(34-43)50-42(9,10)35-41(7,8)49-37-31-36(32-37)46-28-20-12-17-25-45-27-19-14-22-30-48-40(4,5)6/h36-38H,11-35H2,1-10H3/t36-,37-. The van der Waals surface area contributed by atoms with E-state index < -0.39 is 0 Å². The van der Waals surface area contributed by atoms with Crippen LogP contribution in [0.1, 0.15) is 166 Å². The molecule has 0 atom stereocenters. The van der Waals surface area contributed by atoms with Gasteiger partial charge < -0.3 is 33.2 Å². The zero-order valence-electron chi connectivity index (χ0n) is 34.7. The van der Waals surface area contributed by atoms with E-state index >= 15 is 0 Å². The highest BCUT2D eigenvalue weighted by Crippen LogP contribution is 2.35. The molecule has 50 heavy (non-hydrogen) atoms. The molecule has 1 saturated carbocycles. The SMILES string of the molecule is CC(C)(C)OCCCCCOCCCCCO[C@H]1C[C@H](OC(C)(C)CC(C)(C)OC2CN(CCCCCOCCCCCOC(C)(C)C)C2)C1. The van der Waals surface area contributed by atoms with Gasteiger partial charge in [-0.3, -0.25) is 4.90 Å². The molecule has 298 valence electrons. The third-order valence-corrected chi connectivity index (χ3v) is 9.28. The van der Waals surface area contributed by atoms with Crippen LogP contribution in [0.4, 0.5) is 0 Å². The van der Waals surface area contributed by atoms with E-state index in [2.05, 4.69) is 74.1 Å². The zero-order valence-corrected chi connectivity index (χ0v) is 34.7. The number of rotatable bonds is 31. The first-order chi connectivity index (χ1) is 23.5. The number of unbranched alkanes of at least 4 members (excludes halogenated alkanes) is 8. The average molecular weight is 714 g/mol. The molecule has 2 aliphatic rings. The van der Waals surface area contributed by atoms with Gasteiger partial charge >= 0.3 is 0 Å². The van der Waals surface area contributed by atoms with Gasteiger partial charge in [0.25, 0.3) is 0 Å². The van der Waals surface area contributed by atoms with Gasteiger partial charge in [-0.05, 0) is 166 Å². The van der Waals surface area contributed by atoms with Crippen LogP contribution in [0.5, 0.6) is 0 Å². The molecule has 0 spiro atoms. The summed E-state index contributed by atoms with van der Waals surface area (Å²) in [7, 11) is 0. The average Bonchev–Trinajstić information content (AvgIpc) is 2.95. The van der Waals surface area contributed by atoms with Crippen LogP contribution in [0.15, 0.2) is 0 Å². The molecular weight excluding hydrogens is 630 g/mol. The maximum absolute atomic E-state index is 6.57. The predicted molar refractivity (Wildman–Crippen MR) is 206 cm³/mol. The third kappa shape index (κ3) is 24.8. The normalized spacial score (nSPS) is 19.6. The molecule has 0 unspecified atom stereocenters. The van der Waals surface area contributed by atoms with Crippen LogP contribution in [-0.2, 0) is 33.2 Å². The van der Waals surface area contributed by atoms with Crippen LogP contribution < -0.4 is 0 Å². The van der Waals surface area contributed by atoms with Gasteiger partial charge in [-0.15, -0.1) is 0 Å². The minimum absolute atomic E-state index is 0.0270. The Bertz CT molecular complexity index is 825. The van der Waals surface area contributed by atoms with Crippen molar-refractivity contribution >= 4 is 0 Å². The Morgan fingerprint density at radius 3 is 1.30 bits per heavy atom. The van der Waals surface area contributed by atoms with Crippen molar-refractivity contribution in [2.45, 2.75) is 206 Å². The molecule has 0 aromatic heterocycles. The van der Waals surface area contributed by atoms with Crippen LogP contribution in [0.2, 0.25) is 0 Å².